The van der Waals surface area contributed by atoms with Gasteiger partial charge in [0, 0.05) is 24.7 Å². The van der Waals surface area contributed by atoms with Crippen LogP contribution >= 0.6 is 0 Å². The summed E-state index contributed by atoms with van der Waals surface area (Å²) in [6.07, 6.45) is 1.30. The number of pyridine rings is 1. The van der Waals surface area contributed by atoms with Crippen LogP contribution in [0, 0.1) is 17.0 Å². The number of hydrogen-bond donors (Lipinski definition) is 1. The molecule has 0 aromatic carbocycles. The Kier molecular flexibility index (Phi) is 5.03. The van der Waals surface area contributed by atoms with E-state index in [1.165, 1.54) is 6.20 Å². The van der Waals surface area contributed by atoms with Crippen molar-refractivity contribution in [1.82, 2.24) is 9.88 Å². The zero-order valence-electron chi connectivity index (χ0n) is 11.3. The summed E-state index contributed by atoms with van der Waals surface area (Å²) in [5.74, 6) is 0.676. The molecule has 0 atom stereocenters. The van der Waals surface area contributed by atoms with Crippen molar-refractivity contribution in [3.05, 3.63) is 27.9 Å². The topological polar surface area (TPSA) is 71.3 Å². The van der Waals surface area contributed by atoms with Crippen molar-refractivity contribution >= 4 is 11.5 Å². The summed E-state index contributed by atoms with van der Waals surface area (Å²) in [6, 6.07) is 2.20. The van der Waals surface area contributed by atoms with Gasteiger partial charge < -0.3 is 10.2 Å². The maximum Gasteiger partial charge on any atom is 0.290 e. The molecule has 1 aromatic rings. The number of nitro groups is 1. The number of nitrogens with zero attached hydrogens (tertiary/aromatic N) is 3. The first-order valence-corrected chi connectivity index (χ1v) is 5.97. The molecule has 1 heterocycles. The fourth-order valence-electron chi connectivity index (χ4n) is 1.46. The van der Waals surface area contributed by atoms with Gasteiger partial charge in [-0.15, -0.1) is 0 Å². The first-order chi connectivity index (χ1) is 8.41. The lowest BCUT2D eigenvalue weighted by molar-refractivity contribution is -0.385. The second kappa shape index (κ2) is 6.30. The molecular formula is C12H20N4O2. The van der Waals surface area contributed by atoms with Crippen molar-refractivity contribution in [2.24, 2.45) is 0 Å². The van der Waals surface area contributed by atoms with Crippen molar-refractivity contribution in [1.29, 1.82) is 0 Å². The van der Waals surface area contributed by atoms with Gasteiger partial charge in [0.15, 0.2) is 0 Å². The minimum absolute atomic E-state index is 0.0554. The fourth-order valence-corrected chi connectivity index (χ4v) is 1.46. The SMILES string of the molecule is Cc1cc(NCCN(C)C(C)C)ncc1[N+](=O)[O-]. The van der Waals surface area contributed by atoms with Crippen LogP contribution in [0.5, 0.6) is 0 Å². The third-order valence-electron chi connectivity index (χ3n) is 2.93. The van der Waals surface area contributed by atoms with Gasteiger partial charge in [0.25, 0.3) is 5.69 Å². The second-order valence-corrected chi connectivity index (χ2v) is 4.61. The molecule has 100 valence electrons. The molecule has 0 saturated heterocycles. The lowest BCUT2D eigenvalue weighted by Crippen LogP contribution is -2.31. The fraction of sp³-hybridized carbons (Fsp3) is 0.583. The van der Waals surface area contributed by atoms with E-state index in [4.69, 9.17) is 0 Å². The summed E-state index contributed by atoms with van der Waals surface area (Å²) in [6.45, 7) is 7.64. The molecule has 6 nitrogen and oxygen atoms in total. The monoisotopic (exact) mass is 252 g/mol. The molecule has 0 aliphatic heterocycles. The van der Waals surface area contributed by atoms with Crippen LogP contribution in [0.3, 0.4) is 0 Å². The Balaban J connectivity index is 2.54. The molecule has 0 aliphatic rings. The first-order valence-electron chi connectivity index (χ1n) is 5.97. The molecule has 1 aromatic heterocycles. The van der Waals surface area contributed by atoms with Gasteiger partial charge in [-0.05, 0) is 33.9 Å². The standard InChI is InChI=1S/C12H20N4O2/c1-9(2)15(4)6-5-13-12-7-10(3)11(8-14-12)16(17)18/h7-9H,5-6H2,1-4H3,(H,13,14). The summed E-state index contributed by atoms with van der Waals surface area (Å²) in [7, 11) is 2.06. The zero-order chi connectivity index (χ0) is 13.7. The Labute approximate surface area is 107 Å². The minimum atomic E-state index is -0.418. The molecule has 0 saturated carbocycles. The molecule has 0 fully saturated rings. The summed E-state index contributed by atoms with van der Waals surface area (Å²) in [5, 5.41) is 13.8. The molecule has 1 rings (SSSR count). The van der Waals surface area contributed by atoms with Crippen molar-refractivity contribution in [2.75, 3.05) is 25.5 Å². The predicted molar refractivity (Wildman–Crippen MR) is 71.9 cm³/mol. The van der Waals surface area contributed by atoms with Gasteiger partial charge in [-0.3, -0.25) is 10.1 Å². The van der Waals surface area contributed by atoms with E-state index in [0.29, 0.717) is 17.4 Å². The van der Waals surface area contributed by atoms with Crippen LogP contribution in [0.15, 0.2) is 12.3 Å². The highest BCUT2D eigenvalue weighted by molar-refractivity contribution is 5.46. The number of hydrogen-bond acceptors (Lipinski definition) is 5. The van der Waals surface area contributed by atoms with E-state index >= 15 is 0 Å². The van der Waals surface area contributed by atoms with Crippen molar-refractivity contribution in [3.63, 3.8) is 0 Å². The van der Waals surface area contributed by atoms with Crippen LogP contribution in [0.1, 0.15) is 19.4 Å². The van der Waals surface area contributed by atoms with Gasteiger partial charge in [0.05, 0.1) is 4.92 Å². The van der Waals surface area contributed by atoms with Gasteiger partial charge in [-0.2, -0.15) is 0 Å². The van der Waals surface area contributed by atoms with Gasteiger partial charge in [-0.25, -0.2) is 4.98 Å². The Bertz CT molecular complexity index is 421. The smallest absolute Gasteiger partial charge is 0.290 e. The maximum absolute atomic E-state index is 10.6. The van der Waals surface area contributed by atoms with Gasteiger partial charge in [0.2, 0.25) is 0 Å². The van der Waals surface area contributed by atoms with Crippen LogP contribution in [-0.2, 0) is 0 Å². The maximum atomic E-state index is 10.6. The van der Waals surface area contributed by atoms with Crippen LogP contribution in [0.4, 0.5) is 11.5 Å². The van der Waals surface area contributed by atoms with Crippen LogP contribution < -0.4 is 5.32 Å². The molecule has 0 radical (unpaired) electrons. The lowest BCUT2D eigenvalue weighted by atomic mass is 10.2. The molecule has 0 bridgehead atoms. The molecule has 18 heavy (non-hydrogen) atoms. The first kappa shape index (κ1) is 14.4. The van der Waals surface area contributed by atoms with E-state index < -0.39 is 4.92 Å². The average Bonchev–Trinajstić information content (AvgIpc) is 2.28. The highest BCUT2D eigenvalue weighted by Gasteiger charge is 2.11. The number of nitrogens with one attached hydrogen (secondary N) is 1. The van der Waals surface area contributed by atoms with Crippen LogP contribution in [0.2, 0.25) is 0 Å². The number of aromatic nitrogens is 1. The number of anilines is 1. The van der Waals surface area contributed by atoms with E-state index in [1.54, 1.807) is 13.0 Å². The van der Waals surface area contributed by atoms with Crippen molar-refractivity contribution < 1.29 is 4.92 Å². The number of likely N-dealkylation sites (N-methyl/N-ethyl adjacent to an activating group) is 1. The molecule has 6 heteroatoms. The largest absolute Gasteiger partial charge is 0.369 e. The van der Waals surface area contributed by atoms with E-state index in [1.807, 2.05) is 0 Å². The Morgan fingerprint density at radius 3 is 2.72 bits per heavy atom. The van der Waals surface area contributed by atoms with E-state index in [9.17, 15) is 10.1 Å². The molecule has 0 spiro atoms. The van der Waals surface area contributed by atoms with E-state index in [0.717, 1.165) is 13.1 Å². The predicted octanol–water partition coefficient (Wildman–Crippen LogP) is 2.05. The van der Waals surface area contributed by atoms with E-state index in [2.05, 4.69) is 36.1 Å². The Morgan fingerprint density at radius 1 is 1.56 bits per heavy atom. The quantitative estimate of drug-likeness (QED) is 0.619. The third kappa shape index (κ3) is 3.96. The summed E-state index contributed by atoms with van der Waals surface area (Å²) in [4.78, 5) is 16.5. The molecular weight excluding hydrogens is 232 g/mol. The highest BCUT2D eigenvalue weighted by Crippen LogP contribution is 2.18. The Hall–Kier alpha value is -1.69. The van der Waals surface area contributed by atoms with Crippen molar-refractivity contribution in [2.45, 2.75) is 26.8 Å². The average molecular weight is 252 g/mol. The van der Waals surface area contributed by atoms with Gasteiger partial charge in [-0.1, -0.05) is 0 Å². The number of aryl methyl sites for hydroxylation is 1. The van der Waals surface area contributed by atoms with Gasteiger partial charge in [0.1, 0.15) is 12.0 Å². The highest BCUT2D eigenvalue weighted by atomic mass is 16.6. The summed E-state index contributed by atoms with van der Waals surface area (Å²) >= 11 is 0. The zero-order valence-corrected chi connectivity index (χ0v) is 11.3. The summed E-state index contributed by atoms with van der Waals surface area (Å²) in [5.41, 5.74) is 0.676. The third-order valence-corrected chi connectivity index (χ3v) is 2.93. The summed E-state index contributed by atoms with van der Waals surface area (Å²) < 4.78 is 0. The lowest BCUT2D eigenvalue weighted by Gasteiger charge is -2.21. The normalized spacial score (nSPS) is 11.0. The van der Waals surface area contributed by atoms with Crippen LogP contribution in [0.25, 0.3) is 0 Å². The van der Waals surface area contributed by atoms with E-state index in [-0.39, 0.29) is 5.69 Å². The molecule has 1 N–H and O–H groups in total. The molecule has 0 unspecified atom stereocenters. The second-order valence-electron chi connectivity index (χ2n) is 4.61. The van der Waals surface area contributed by atoms with Gasteiger partial charge >= 0.3 is 0 Å². The minimum Gasteiger partial charge on any atom is -0.369 e. The van der Waals surface area contributed by atoms with Crippen LogP contribution in [-0.4, -0.2) is 41.0 Å². The Morgan fingerprint density at radius 2 is 2.22 bits per heavy atom. The van der Waals surface area contributed by atoms with Crippen molar-refractivity contribution in [3.8, 4) is 0 Å². The molecule has 0 amide bonds. The molecule has 0 aliphatic carbocycles. The number of rotatable bonds is 6.